The summed E-state index contributed by atoms with van der Waals surface area (Å²) in [6.07, 6.45) is 3.40. The second-order valence-electron chi connectivity index (χ2n) is 5.02. The normalized spacial score (nSPS) is 12.5. The SMILES string of the molecule is C=CCC(C)(COC(C)C)COC(C)C. The molecule has 0 aliphatic carbocycles. The van der Waals surface area contributed by atoms with E-state index in [2.05, 4.69) is 41.2 Å². The van der Waals surface area contributed by atoms with Crippen molar-refractivity contribution in [2.75, 3.05) is 13.2 Å². The maximum absolute atomic E-state index is 5.66. The summed E-state index contributed by atoms with van der Waals surface area (Å²) in [6.45, 7) is 15.6. The number of ether oxygens (including phenoxy) is 2. The van der Waals surface area contributed by atoms with Gasteiger partial charge in [-0.3, -0.25) is 0 Å². The molecule has 0 aliphatic heterocycles. The fraction of sp³-hybridized carbons (Fsp3) is 0.846. The van der Waals surface area contributed by atoms with Crippen molar-refractivity contribution in [1.82, 2.24) is 0 Å². The highest BCUT2D eigenvalue weighted by molar-refractivity contribution is 4.83. The standard InChI is InChI=1S/C13H26O2/c1-7-8-13(6,9-14-11(2)3)10-15-12(4)5/h7,11-12H,1,8-10H2,2-6H3. The lowest BCUT2D eigenvalue weighted by molar-refractivity contribution is -0.0463. The van der Waals surface area contributed by atoms with Gasteiger partial charge in [0, 0.05) is 5.41 Å². The zero-order valence-corrected chi connectivity index (χ0v) is 10.9. The summed E-state index contributed by atoms with van der Waals surface area (Å²) in [5, 5.41) is 0. The van der Waals surface area contributed by atoms with Crippen LogP contribution in [0.25, 0.3) is 0 Å². The summed E-state index contributed by atoms with van der Waals surface area (Å²) in [6, 6.07) is 0. The van der Waals surface area contributed by atoms with E-state index in [1.54, 1.807) is 0 Å². The summed E-state index contributed by atoms with van der Waals surface area (Å²) < 4.78 is 11.3. The number of allylic oxidation sites excluding steroid dienone is 1. The molecule has 0 aliphatic rings. The van der Waals surface area contributed by atoms with Gasteiger partial charge in [0.25, 0.3) is 0 Å². The molecule has 0 aromatic heterocycles. The molecule has 0 aromatic rings. The molecule has 0 radical (unpaired) electrons. The Morgan fingerprint density at radius 3 is 1.73 bits per heavy atom. The average Bonchev–Trinajstić information content (AvgIpc) is 2.13. The zero-order valence-electron chi connectivity index (χ0n) is 10.9. The van der Waals surface area contributed by atoms with Gasteiger partial charge in [0.2, 0.25) is 0 Å². The van der Waals surface area contributed by atoms with Gasteiger partial charge >= 0.3 is 0 Å². The highest BCUT2D eigenvalue weighted by atomic mass is 16.5. The molecule has 0 amide bonds. The summed E-state index contributed by atoms with van der Waals surface area (Å²) in [4.78, 5) is 0. The molecule has 0 fully saturated rings. The Hall–Kier alpha value is -0.340. The maximum Gasteiger partial charge on any atom is 0.0548 e. The largest absolute Gasteiger partial charge is 0.378 e. The molecule has 2 nitrogen and oxygen atoms in total. The minimum atomic E-state index is 0.0519. The van der Waals surface area contributed by atoms with E-state index in [9.17, 15) is 0 Å². The van der Waals surface area contributed by atoms with Gasteiger partial charge in [-0.1, -0.05) is 13.0 Å². The zero-order chi connectivity index (χ0) is 11.9. The van der Waals surface area contributed by atoms with E-state index in [-0.39, 0.29) is 17.6 Å². The van der Waals surface area contributed by atoms with Gasteiger partial charge in [0.1, 0.15) is 0 Å². The van der Waals surface area contributed by atoms with Crippen LogP contribution in [0.2, 0.25) is 0 Å². The van der Waals surface area contributed by atoms with Crippen molar-refractivity contribution in [3.8, 4) is 0 Å². The predicted octanol–water partition coefficient (Wildman–Crippen LogP) is 3.42. The lowest BCUT2D eigenvalue weighted by atomic mass is 9.88. The van der Waals surface area contributed by atoms with Crippen LogP contribution in [0.5, 0.6) is 0 Å². The maximum atomic E-state index is 5.66. The van der Waals surface area contributed by atoms with Crippen LogP contribution in [0.3, 0.4) is 0 Å². The molecular formula is C13H26O2. The van der Waals surface area contributed by atoms with Gasteiger partial charge in [0.15, 0.2) is 0 Å². The molecule has 15 heavy (non-hydrogen) atoms. The van der Waals surface area contributed by atoms with Crippen molar-refractivity contribution in [3.63, 3.8) is 0 Å². The topological polar surface area (TPSA) is 18.5 Å². The highest BCUT2D eigenvalue weighted by Crippen LogP contribution is 2.24. The van der Waals surface area contributed by atoms with Gasteiger partial charge in [-0.25, -0.2) is 0 Å². The molecule has 0 saturated carbocycles. The minimum Gasteiger partial charge on any atom is -0.378 e. The van der Waals surface area contributed by atoms with Crippen molar-refractivity contribution >= 4 is 0 Å². The van der Waals surface area contributed by atoms with Crippen LogP contribution in [0.4, 0.5) is 0 Å². The molecule has 0 heterocycles. The van der Waals surface area contributed by atoms with E-state index in [4.69, 9.17) is 9.47 Å². The van der Waals surface area contributed by atoms with Crippen molar-refractivity contribution in [2.45, 2.75) is 53.2 Å². The van der Waals surface area contributed by atoms with Gasteiger partial charge < -0.3 is 9.47 Å². The van der Waals surface area contributed by atoms with Gasteiger partial charge in [-0.05, 0) is 34.1 Å². The minimum absolute atomic E-state index is 0.0519. The Morgan fingerprint density at radius 1 is 1.07 bits per heavy atom. The number of hydrogen-bond acceptors (Lipinski definition) is 2. The molecule has 0 bridgehead atoms. The van der Waals surface area contributed by atoms with Gasteiger partial charge in [-0.15, -0.1) is 6.58 Å². The Labute approximate surface area is 94.7 Å². The summed E-state index contributed by atoms with van der Waals surface area (Å²) >= 11 is 0. The molecule has 2 heteroatoms. The molecule has 90 valence electrons. The Bertz CT molecular complexity index is 161. The molecular weight excluding hydrogens is 188 g/mol. The fourth-order valence-corrected chi connectivity index (χ4v) is 1.24. The monoisotopic (exact) mass is 214 g/mol. The van der Waals surface area contributed by atoms with E-state index in [1.807, 2.05) is 6.08 Å². The summed E-state index contributed by atoms with van der Waals surface area (Å²) in [5.41, 5.74) is 0.0519. The first-order chi connectivity index (χ1) is 6.89. The molecule has 0 spiro atoms. The quantitative estimate of drug-likeness (QED) is 0.576. The third-order valence-corrected chi connectivity index (χ3v) is 2.17. The molecule has 0 saturated heterocycles. The first-order valence-electron chi connectivity index (χ1n) is 5.74. The van der Waals surface area contributed by atoms with E-state index < -0.39 is 0 Å². The number of rotatable bonds is 8. The first-order valence-corrected chi connectivity index (χ1v) is 5.74. The fourth-order valence-electron chi connectivity index (χ4n) is 1.24. The van der Waals surface area contributed by atoms with Crippen LogP contribution in [0.15, 0.2) is 12.7 Å². The van der Waals surface area contributed by atoms with Crippen molar-refractivity contribution in [3.05, 3.63) is 12.7 Å². The van der Waals surface area contributed by atoms with Crippen LogP contribution < -0.4 is 0 Å². The Kier molecular flexibility index (Phi) is 6.86. The van der Waals surface area contributed by atoms with Crippen molar-refractivity contribution in [1.29, 1.82) is 0 Å². The van der Waals surface area contributed by atoms with E-state index in [0.717, 1.165) is 19.6 Å². The average molecular weight is 214 g/mol. The highest BCUT2D eigenvalue weighted by Gasteiger charge is 2.24. The van der Waals surface area contributed by atoms with Crippen molar-refractivity contribution < 1.29 is 9.47 Å². The van der Waals surface area contributed by atoms with Crippen LogP contribution >= 0.6 is 0 Å². The lowest BCUT2D eigenvalue weighted by Crippen LogP contribution is -2.31. The number of hydrogen-bond donors (Lipinski definition) is 0. The van der Waals surface area contributed by atoms with E-state index in [1.165, 1.54) is 0 Å². The lowest BCUT2D eigenvalue weighted by Gasteiger charge is -2.29. The van der Waals surface area contributed by atoms with Crippen LogP contribution in [-0.2, 0) is 9.47 Å². The molecule has 0 unspecified atom stereocenters. The first kappa shape index (κ1) is 14.7. The van der Waals surface area contributed by atoms with Crippen LogP contribution in [0, 0.1) is 5.41 Å². The Morgan fingerprint density at radius 2 is 1.47 bits per heavy atom. The summed E-state index contributed by atoms with van der Waals surface area (Å²) in [5.74, 6) is 0. The van der Waals surface area contributed by atoms with E-state index in [0.29, 0.717) is 0 Å². The summed E-state index contributed by atoms with van der Waals surface area (Å²) in [7, 11) is 0. The second-order valence-corrected chi connectivity index (χ2v) is 5.02. The van der Waals surface area contributed by atoms with Crippen LogP contribution in [-0.4, -0.2) is 25.4 Å². The Balaban J connectivity index is 4.11. The van der Waals surface area contributed by atoms with Gasteiger partial charge in [0.05, 0.1) is 25.4 Å². The third kappa shape index (κ3) is 7.57. The molecule has 0 rings (SSSR count). The molecule has 0 N–H and O–H groups in total. The van der Waals surface area contributed by atoms with Crippen molar-refractivity contribution in [2.24, 2.45) is 5.41 Å². The van der Waals surface area contributed by atoms with Crippen LogP contribution in [0.1, 0.15) is 41.0 Å². The van der Waals surface area contributed by atoms with E-state index >= 15 is 0 Å². The molecule has 0 aromatic carbocycles. The second kappa shape index (κ2) is 7.02. The smallest absolute Gasteiger partial charge is 0.0548 e. The predicted molar refractivity (Wildman–Crippen MR) is 65.1 cm³/mol. The molecule has 0 atom stereocenters. The third-order valence-electron chi connectivity index (χ3n) is 2.17. The van der Waals surface area contributed by atoms with Gasteiger partial charge in [-0.2, -0.15) is 0 Å².